The van der Waals surface area contributed by atoms with Gasteiger partial charge in [0.25, 0.3) is 0 Å². The van der Waals surface area contributed by atoms with Crippen LogP contribution in [-0.4, -0.2) is 24.8 Å². The van der Waals surface area contributed by atoms with Crippen LogP contribution in [0.2, 0.25) is 0 Å². The standard InChI is InChI=1S/C16H16N2O2S/c1-21(19,20)18-16(14-10-6-3-7-11-14)12-15(17-18)13-8-4-2-5-9-13/h2-11,16H,12H2,1H3/t16-/m1/s1. The first kappa shape index (κ1) is 13.8. The van der Waals surface area contributed by atoms with Crippen molar-refractivity contribution in [3.05, 3.63) is 71.8 Å². The Morgan fingerprint density at radius 2 is 1.57 bits per heavy atom. The molecule has 4 nitrogen and oxygen atoms in total. The van der Waals surface area contributed by atoms with Gasteiger partial charge in [0.1, 0.15) is 0 Å². The van der Waals surface area contributed by atoms with Crippen molar-refractivity contribution < 1.29 is 8.42 Å². The molecule has 3 rings (SSSR count). The van der Waals surface area contributed by atoms with Gasteiger partial charge in [0.05, 0.1) is 18.0 Å². The maximum absolute atomic E-state index is 12.0. The molecule has 1 aliphatic rings. The van der Waals surface area contributed by atoms with Crippen LogP contribution in [0.4, 0.5) is 0 Å². The van der Waals surface area contributed by atoms with Crippen LogP contribution in [0.25, 0.3) is 0 Å². The molecule has 1 atom stereocenters. The van der Waals surface area contributed by atoms with Crippen LogP contribution >= 0.6 is 0 Å². The summed E-state index contributed by atoms with van der Waals surface area (Å²) in [5.74, 6) is 0. The second-order valence-corrected chi connectivity index (χ2v) is 6.92. The summed E-state index contributed by atoms with van der Waals surface area (Å²) in [5, 5.41) is 4.35. The molecule has 0 N–H and O–H groups in total. The van der Waals surface area contributed by atoms with E-state index in [0.717, 1.165) is 16.8 Å². The third-order valence-corrected chi connectivity index (χ3v) is 4.52. The summed E-state index contributed by atoms with van der Waals surface area (Å²) < 4.78 is 25.3. The van der Waals surface area contributed by atoms with Gasteiger partial charge in [-0.05, 0) is 11.1 Å². The van der Waals surface area contributed by atoms with Crippen LogP contribution in [0.1, 0.15) is 23.6 Å². The van der Waals surface area contributed by atoms with Gasteiger partial charge >= 0.3 is 0 Å². The van der Waals surface area contributed by atoms with Crippen molar-refractivity contribution in [2.75, 3.05) is 6.26 Å². The van der Waals surface area contributed by atoms with Crippen molar-refractivity contribution in [3.63, 3.8) is 0 Å². The molecule has 0 radical (unpaired) electrons. The van der Waals surface area contributed by atoms with Crippen molar-refractivity contribution in [2.45, 2.75) is 12.5 Å². The Morgan fingerprint density at radius 1 is 1.00 bits per heavy atom. The molecule has 0 fully saturated rings. The van der Waals surface area contributed by atoms with Crippen molar-refractivity contribution in [2.24, 2.45) is 5.10 Å². The summed E-state index contributed by atoms with van der Waals surface area (Å²) in [5.41, 5.74) is 2.72. The quantitative estimate of drug-likeness (QED) is 0.875. The first-order valence-corrected chi connectivity index (χ1v) is 8.58. The van der Waals surface area contributed by atoms with Gasteiger partial charge in [0.15, 0.2) is 0 Å². The molecular weight excluding hydrogens is 284 g/mol. The SMILES string of the molecule is CS(=O)(=O)N1N=C(c2ccccc2)C[C@@H]1c1ccccc1. The average Bonchev–Trinajstić information content (AvgIpc) is 2.94. The summed E-state index contributed by atoms with van der Waals surface area (Å²) in [6.45, 7) is 0. The minimum atomic E-state index is -3.39. The van der Waals surface area contributed by atoms with E-state index in [1.54, 1.807) is 0 Å². The van der Waals surface area contributed by atoms with Crippen LogP contribution in [0.5, 0.6) is 0 Å². The molecule has 0 unspecified atom stereocenters. The van der Waals surface area contributed by atoms with Crippen LogP contribution in [0, 0.1) is 0 Å². The van der Waals surface area contributed by atoms with Crippen LogP contribution < -0.4 is 0 Å². The number of nitrogens with zero attached hydrogens (tertiary/aromatic N) is 2. The number of hydrogen-bond acceptors (Lipinski definition) is 3. The van der Waals surface area contributed by atoms with Gasteiger partial charge in [-0.15, -0.1) is 0 Å². The van der Waals surface area contributed by atoms with Crippen molar-refractivity contribution in [3.8, 4) is 0 Å². The highest BCUT2D eigenvalue weighted by Crippen LogP contribution is 2.34. The number of benzene rings is 2. The molecular formula is C16H16N2O2S. The van der Waals surface area contributed by atoms with Gasteiger partial charge in [0.2, 0.25) is 10.0 Å². The van der Waals surface area contributed by atoms with Gasteiger partial charge in [0, 0.05) is 6.42 Å². The van der Waals surface area contributed by atoms with E-state index in [9.17, 15) is 8.42 Å². The van der Waals surface area contributed by atoms with Gasteiger partial charge in [-0.25, -0.2) is 8.42 Å². The third-order valence-electron chi connectivity index (χ3n) is 3.50. The Bertz CT molecular complexity index is 755. The highest BCUT2D eigenvalue weighted by Gasteiger charge is 2.34. The molecule has 0 spiro atoms. The topological polar surface area (TPSA) is 49.7 Å². The predicted molar refractivity (Wildman–Crippen MR) is 83.5 cm³/mol. The normalized spacial score (nSPS) is 18.6. The summed E-state index contributed by atoms with van der Waals surface area (Å²) >= 11 is 0. The van der Waals surface area contributed by atoms with E-state index in [4.69, 9.17) is 0 Å². The molecule has 108 valence electrons. The Kier molecular flexibility index (Phi) is 3.51. The molecule has 2 aromatic rings. The van der Waals surface area contributed by atoms with Crippen LogP contribution in [-0.2, 0) is 10.0 Å². The van der Waals surface area contributed by atoms with Crippen molar-refractivity contribution >= 4 is 15.7 Å². The Morgan fingerprint density at radius 3 is 2.14 bits per heavy atom. The number of hydrogen-bond donors (Lipinski definition) is 0. The molecule has 0 saturated carbocycles. The molecule has 1 aliphatic heterocycles. The molecule has 0 amide bonds. The molecule has 0 aromatic heterocycles. The first-order valence-electron chi connectivity index (χ1n) is 6.73. The van der Waals surface area contributed by atoms with Crippen molar-refractivity contribution in [1.29, 1.82) is 0 Å². The molecule has 5 heteroatoms. The average molecular weight is 300 g/mol. The summed E-state index contributed by atoms with van der Waals surface area (Å²) in [4.78, 5) is 0. The number of hydrazone groups is 1. The summed E-state index contributed by atoms with van der Waals surface area (Å²) in [6, 6.07) is 19.0. The number of rotatable bonds is 3. The van der Waals surface area contributed by atoms with Crippen LogP contribution in [0.15, 0.2) is 65.8 Å². The predicted octanol–water partition coefficient (Wildman–Crippen LogP) is 2.80. The lowest BCUT2D eigenvalue weighted by Gasteiger charge is -2.21. The largest absolute Gasteiger partial charge is 0.247 e. The molecule has 2 aromatic carbocycles. The maximum atomic E-state index is 12.0. The van der Waals surface area contributed by atoms with E-state index in [1.165, 1.54) is 10.7 Å². The lowest BCUT2D eigenvalue weighted by molar-refractivity contribution is 0.375. The lowest BCUT2D eigenvalue weighted by Crippen LogP contribution is -2.25. The highest BCUT2D eigenvalue weighted by atomic mass is 32.2. The van der Waals surface area contributed by atoms with E-state index >= 15 is 0 Å². The zero-order valence-electron chi connectivity index (χ0n) is 11.7. The smallest absolute Gasteiger partial charge is 0.205 e. The Balaban J connectivity index is 2.01. The molecule has 21 heavy (non-hydrogen) atoms. The zero-order valence-corrected chi connectivity index (χ0v) is 12.5. The monoisotopic (exact) mass is 300 g/mol. The second-order valence-electron chi connectivity index (χ2n) is 5.08. The zero-order chi connectivity index (χ0) is 14.9. The summed E-state index contributed by atoms with van der Waals surface area (Å²) in [6.07, 6.45) is 1.78. The lowest BCUT2D eigenvalue weighted by atomic mass is 9.99. The van der Waals surface area contributed by atoms with E-state index in [-0.39, 0.29) is 6.04 Å². The van der Waals surface area contributed by atoms with Gasteiger partial charge in [-0.2, -0.15) is 9.52 Å². The summed E-state index contributed by atoms with van der Waals surface area (Å²) in [7, 11) is -3.39. The fourth-order valence-electron chi connectivity index (χ4n) is 2.52. The maximum Gasteiger partial charge on any atom is 0.247 e. The first-order chi connectivity index (χ1) is 10.1. The minimum Gasteiger partial charge on any atom is -0.205 e. The number of sulfonamides is 1. The van der Waals surface area contributed by atoms with E-state index in [2.05, 4.69) is 5.10 Å². The van der Waals surface area contributed by atoms with E-state index in [0.29, 0.717) is 6.42 Å². The van der Waals surface area contributed by atoms with Gasteiger partial charge in [-0.1, -0.05) is 60.7 Å². The van der Waals surface area contributed by atoms with Gasteiger partial charge in [-0.3, -0.25) is 0 Å². The fourth-order valence-corrected chi connectivity index (χ4v) is 3.43. The fraction of sp³-hybridized carbons (Fsp3) is 0.188. The highest BCUT2D eigenvalue weighted by molar-refractivity contribution is 7.88. The molecule has 0 saturated heterocycles. The molecule has 1 heterocycles. The minimum absolute atomic E-state index is 0.267. The molecule has 0 aliphatic carbocycles. The molecule has 0 bridgehead atoms. The third kappa shape index (κ3) is 2.83. The van der Waals surface area contributed by atoms with Crippen LogP contribution in [0.3, 0.4) is 0 Å². The Hall–Kier alpha value is -2.14. The van der Waals surface area contributed by atoms with Crippen molar-refractivity contribution in [1.82, 2.24) is 4.41 Å². The van der Waals surface area contributed by atoms with E-state index in [1.807, 2.05) is 60.7 Å². The second kappa shape index (κ2) is 5.33. The van der Waals surface area contributed by atoms with Gasteiger partial charge < -0.3 is 0 Å². The van der Waals surface area contributed by atoms with E-state index < -0.39 is 10.0 Å². The Labute approximate surface area is 124 Å².